The van der Waals surface area contributed by atoms with Crippen molar-refractivity contribution in [2.24, 2.45) is 0 Å². The second-order valence-corrected chi connectivity index (χ2v) is 9.97. The van der Waals surface area contributed by atoms with Crippen LogP contribution in [0.2, 0.25) is 0 Å². The Hall–Kier alpha value is -3.28. The molecule has 0 saturated carbocycles. The van der Waals surface area contributed by atoms with Crippen molar-refractivity contribution < 1.29 is 18.1 Å². The lowest BCUT2D eigenvalue weighted by Gasteiger charge is -2.32. The summed E-state index contributed by atoms with van der Waals surface area (Å²) >= 11 is 0. The Labute approximate surface area is 191 Å². The highest BCUT2D eigenvalue weighted by molar-refractivity contribution is 6.65. The maximum absolute atomic E-state index is 6.63. The third-order valence-corrected chi connectivity index (χ3v) is 7.52. The number of para-hydroxylation sites is 2. The molecule has 0 N–H and O–H groups in total. The first-order valence-electron chi connectivity index (χ1n) is 11.4. The van der Waals surface area contributed by atoms with Gasteiger partial charge in [-0.1, -0.05) is 60.7 Å². The summed E-state index contributed by atoms with van der Waals surface area (Å²) in [5, 5.41) is 6.43. The van der Waals surface area contributed by atoms with Gasteiger partial charge in [-0.05, 0) is 39.1 Å². The minimum Gasteiger partial charge on any atom is -0.456 e. The van der Waals surface area contributed by atoms with Crippen LogP contribution in [0.3, 0.4) is 0 Å². The van der Waals surface area contributed by atoms with Crippen LogP contribution in [0.1, 0.15) is 27.7 Å². The standard InChI is InChI=1S/C28H23BO4/c1-27(2)28(3,4)33-29(32-27)20-14-9-13-19-23-25(31-24(19)20)17-11-6-5-10-16(17)22-18-12-7-8-15-21(18)30-26(22)23/h5-15H,1-4H3. The number of hydrogen-bond acceptors (Lipinski definition) is 4. The van der Waals surface area contributed by atoms with E-state index in [-0.39, 0.29) is 0 Å². The van der Waals surface area contributed by atoms with E-state index in [0.717, 1.165) is 60.1 Å². The number of fused-ring (bicyclic) bond motifs is 10. The van der Waals surface area contributed by atoms with Crippen LogP contribution in [0.4, 0.5) is 0 Å². The first-order chi connectivity index (χ1) is 15.9. The Kier molecular flexibility index (Phi) is 3.60. The molecule has 1 fully saturated rings. The fourth-order valence-corrected chi connectivity index (χ4v) is 5.10. The van der Waals surface area contributed by atoms with Gasteiger partial charge in [0.1, 0.15) is 22.3 Å². The molecule has 0 atom stereocenters. The summed E-state index contributed by atoms with van der Waals surface area (Å²) in [5.41, 5.74) is 3.39. The Balaban J connectivity index is 1.63. The molecule has 0 radical (unpaired) electrons. The largest absolute Gasteiger partial charge is 0.498 e. The van der Waals surface area contributed by atoms with Gasteiger partial charge in [0.25, 0.3) is 0 Å². The van der Waals surface area contributed by atoms with Crippen LogP contribution < -0.4 is 5.46 Å². The number of rotatable bonds is 1. The van der Waals surface area contributed by atoms with Crippen LogP contribution in [-0.2, 0) is 9.31 Å². The van der Waals surface area contributed by atoms with E-state index in [0.29, 0.717) is 0 Å². The molecule has 1 saturated heterocycles. The van der Waals surface area contributed by atoms with Crippen molar-refractivity contribution >= 4 is 67.2 Å². The van der Waals surface area contributed by atoms with Crippen LogP contribution in [0.5, 0.6) is 0 Å². The second-order valence-electron chi connectivity index (χ2n) is 9.97. The zero-order valence-corrected chi connectivity index (χ0v) is 19.1. The lowest BCUT2D eigenvalue weighted by molar-refractivity contribution is 0.00578. The van der Waals surface area contributed by atoms with Gasteiger partial charge in [-0.3, -0.25) is 0 Å². The van der Waals surface area contributed by atoms with Gasteiger partial charge in [0, 0.05) is 27.0 Å². The minimum absolute atomic E-state index is 0.426. The molecule has 3 heterocycles. The second kappa shape index (κ2) is 6.19. The summed E-state index contributed by atoms with van der Waals surface area (Å²) in [6.45, 7) is 8.27. The molecule has 0 bridgehead atoms. The fourth-order valence-electron chi connectivity index (χ4n) is 5.10. The number of benzene rings is 4. The van der Waals surface area contributed by atoms with Crippen molar-refractivity contribution in [3.63, 3.8) is 0 Å². The molecule has 33 heavy (non-hydrogen) atoms. The maximum atomic E-state index is 6.63. The molecule has 1 aliphatic rings. The molecule has 2 aromatic heterocycles. The Morgan fingerprint density at radius 3 is 1.94 bits per heavy atom. The van der Waals surface area contributed by atoms with Crippen molar-refractivity contribution in [1.82, 2.24) is 0 Å². The van der Waals surface area contributed by atoms with Gasteiger partial charge < -0.3 is 18.1 Å². The van der Waals surface area contributed by atoms with Gasteiger partial charge >= 0.3 is 7.12 Å². The fraction of sp³-hybridized carbons (Fsp3) is 0.214. The van der Waals surface area contributed by atoms with Crippen molar-refractivity contribution in [3.05, 3.63) is 66.7 Å². The van der Waals surface area contributed by atoms with E-state index in [1.165, 1.54) is 0 Å². The van der Waals surface area contributed by atoms with Crippen molar-refractivity contribution in [2.45, 2.75) is 38.9 Å². The smallest absolute Gasteiger partial charge is 0.456 e. The first-order valence-corrected chi connectivity index (χ1v) is 11.4. The molecule has 7 rings (SSSR count). The van der Waals surface area contributed by atoms with Crippen LogP contribution in [0, 0.1) is 0 Å². The summed E-state index contributed by atoms with van der Waals surface area (Å²) in [5.74, 6) is 0. The molecule has 5 heteroatoms. The maximum Gasteiger partial charge on any atom is 0.498 e. The van der Waals surface area contributed by atoms with Gasteiger partial charge in [-0.15, -0.1) is 0 Å². The molecule has 0 amide bonds. The van der Waals surface area contributed by atoms with E-state index in [9.17, 15) is 0 Å². The average molecular weight is 434 g/mol. The monoisotopic (exact) mass is 434 g/mol. The third-order valence-electron chi connectivity index (χ3n) is 7.52. The quantitative estimate of drug-likeness (QED) is 0.263. The summed E-state index contributed by atoms with van der Waals surface area (Å²) in [6.07, 6.45) is 0. The van der Waals surface area contributed by atoms with E-state index >= 15 is 0 Å². The van der Waals surface area contributed by atoms with Crippen LogP contribution >= 0.6 is 0 Å². The normalized spacial score (nSPS) is 17.9. The molecule has 162 valence electrons. The summed E-state index contributed by atoms with van der Waals surface area (Å²) in [4.78, 5) is 0. The van der Waals surface area contributed by atoms with Crippen molar-refractivity contribution in [2.75, 3.05) is 0 Å². The zero-order chi connectivity index (χ0) is 22.5. The number of hydrogen-bond donors (Lipinski definition) is 0. The molecule has 6 aromatic rings. The summed E-state index contributed by atoms with van der Waals surface area (Å²) < 4.78 is 25.8. The van der Waals surface area contributed by atoms with Crippen molar-refractivity contribution in [1.29, 1.82) is 0 Å². The van der Waals surface area contributed by atoms with E-state index in [1.807, 2.05) is 24.3 Å². The lowest BCUT2D eigenvalue weighted by atomic mass is 9.78. The lowest BCUT2D eigenvalue weighted by Crippen LogP contribution is -2.41. The Morgan fingerprint density at radius 1 is 0.545 bits per heavy atom. The van der Waals surface area contributed by atoms with Crippen LogP contribution in [0.15, 0.2) is 75.6 Å². The molecule has 0 aliphatic carbocycles. The predicted molar refractivity (Wildman–Crippen MR) is 134 cm³/mol. The zero-order valence-electron chi connectivity index (χ0n) is 19.1. The van der Waals surface area contributed by atoms with Gasteiger partial charge in [-0.2, -0.15) is 0 Å². The van der Waals surface area contributed by atoms with Gasteiger partial charge in [-0.25, -0.2) is 0 Å². The molecule has 4 aromatic carbocycles. The summed E-state index contributed by atoms with van der Waals surface area (Å²) in [6, 6.07) is 22.8. The topological polar surface area (TPSA) is 44.7 Å². The van der Waals surface area contributed by atoms with Crippen LogP contribution in [-0.4, -0.2) is 18.3 Å². The van der Waals surface area contributed by atoms with Gasteiger partial charge in [0.2, 0.25) is 0 Å². The average Bonchev–Trinajstić information content (AvgIpc) is 3.43. The minimum atomic E-state index is -0.503. The van der Waals surface area contributed by atoms with E-state index in [1.54, 1.807) is 0 Å². The Bertz CT molecular complexity index is 1720. The Morgan fingerprint density at radius 2 is 1.18 bits per heavy atom. The highest BCUT2D eigenvalue weighted by Gasteiger charge is 2.52. The SMILES string of the molecule is CC1(C)OB(c2cccc3c2oc2c4ccccc4c4c5ccccc5oc4c32)OC1(C)C. The first kappa shape index (κ1) is 19.2. The molecule has 0 spiro atoms. The van der Waals surface area contributed by atoms with Gasteiger partial charge in [0.05, 0.1) is 16.6 Å². The molecule has 4 nitrogen and oxygen atoms in total. The highest BCUT2D eigenvalue weighted by atomic mass is 16.7. The van der Waals surface area contributed by atoms with Crippen molar-refractivity contribution in [3.8, 4) is 0 Å². The number of furan rings is 2. The van der Waals surface area contributed by atoms with E-state index in [4.69, 9.17) is 18.1 Å². The van der Waals surface area contributed by atoms with E-state index < -0.39 is 18.3 Å². The van der Waals surface area contributed by atoms with Crippen LogP contribution in [0.25, 0.3) is 54.6 Å². The molecule has 1 aliphatic heterocycles. The third kappa shape index (κ3) is 2.44. The molecular weight excluding hydrogens is 411 g/mol. The summed E-state index contributed by atoms with van der Waals surface area (Å²) in [7, 11) is -0.503. The predicted octanol–water partition coefficient (Wildman–Crippen LogP) is 6.94. The molecular formula is C28H23BO4. The van der Waals surface area contributed by atoms with E-state index in [2.05, 4.69) is 70.2 Å². The highest BCUT2D eigenvalue weighted by Crippen LogP contribution is 2.45. The van der Waals surface area contributed by atoms with Gasteiger partial charge in [0.15, 0.2) is 0 Å². The molecule has 0 unspecified atom stereocenters.